The van der Waals surface area contributed by atoms with Crippen LogP contribution in [-0.2, 0) is 0 Å². The average Bonchev–Trinajstić information content (AvgIpc) is 2.34. The van der Waals surface area contributed by atoms with E-state index in [1.807, 2.05) is 24.3 Å². The highest BCUT2D eigenvalue weighted by atomic mass is 79.9. The van der Waals surface area contributed by atoms with Crippen LogP contribution < -0.4 is 5.73 Å². The molecule has 2 rings (SSSR count). The van der Waals surface area contributed by atoms with Crippen LogP contribution in [0.3, 0.4) is 0 Å². The molecule has 94 valence electrons. The van der Waals surface area contributed by atoms with E-state index in [4.69, 9.17) is 17.3 Å². The van der Waals surface area contributed by atoms with E-state index in [0.717, 1.165) is 20.6 Å². The van der Waals surface area contributed by atoms with Gasteiger partial charge in [-0.3, -0.25) is 0 Å². The van der Waals surface area contributed by atoms with Gasteiger partial charge in [-0.05, 0) is 54.3 Å². The van der Waals surface area contributed by atoms with Gasteiger partial charge < -0.3 is 5.73 Å². The Morgan fingerprint density at radius 1 is 1.06 bits per heavy atom. The lowest BCUT2D eigenvalue weighted by Gasteiger charge is -2.17. The number of benzene rings is 2. The van der Waals surface area contributed by atoms with E-state index in [1.165, 1.54) is 11.1 Å². The zero-order chi connectivity index (χ0) is 13.3. The van der Waals surface area contributed by atoms with Crippen LogP contribution in [0.25, 0.3) is 0 Å². The van der Waals surface area contributed by atoms with Gasteiger partial charge in [-0.1, -0.05) is 45.7 Å². The molecule has 0 saturated carbocycles. The topological polar surface area (TPSA) is 26.0 Å². The first-order chi connectivity index (χ1) is 8.49. The van der Waals surface area contributed by atoms with Gasteiger partial charge in [-0.15, -0.1) is 0 Å². The number of hydrogen-bond acceptors (Lipinski definition) is 1. The Hall–Kier alpha value is -0.830. The molecule has 0 amide bonds. The van der Waals surface area contributed by atoms with Crippen LogP contribution in [0.15, 0.2) is 40.9 Å². The fourth-order valence-corrected chi connectivity index (χ4v) is 2.57. The predicted molar refractivity (Wildman–Crippen MR) is 81.1 cm³/mol. The number of nitrogens with two attached hydrogens (primary N) is 1. The van der Waals surface area contributed by atoms with Crippen molar-refractivity contribution in [2.24, 2.45) is 5.73 Å². The van der Waals surface area contributed by atoms with Crippen molar-refractivity contribution in [1.29, 1.82) is 0 Å². The molecule has 0 bridgehead atoms. The van der Waals surface area contributed by atoms with Gasteiger partial charge in [0.15, 0.2) is 0 Å². The fraction of sp³-hybridized carbons (Fsp3) is 0.200. The summed E-state index contributed by atoms with van der Waals surface area (Å²) in [6.45, 7) is 4.15. The molecule has 2 N–H and O–H groups in total. The summed E-state index contributed by atoms with van der Waals surface area (Å²) in [6.07, 6.45) is 0. The van der Waals surface area contributed by atoms with Crippen molar-refractivity contribution in [3.05, 3.63) is 68.1 Å². The van der Waals surface area contributed by atoms with Crippen molar-refractivity contribution in [2.45, 2.75) is 19.9 Å². The van der Waals surface area contributed by atoms with E-state index in [2.05, 4.69) is 41.9 Å². The highest BCUT2D eigenvalue weighted by Crippen LogP contribution is 2.28. The summed E-state index contributed by atoms with van der Waals surface area (Å²) in [5.74, 6) is 0. The monoisotopic (exact) mass is 323 g/mol. The molecule has 0 fully saturated rings. The maximum atomic E-state index is 6.33. The van der Waals surface area contributed by atoms with Gasteiger partial charge in [0.1, 0.15) is 0 Å². The van der Waals surface area contributed by atoms with E-state index in [1.54, 1.807) is 0 Å². The largest absolute Gasteiger partial charge is 0.320 e. The smallest absolute Gasteiger partial charge is 0.0554 e. The Bertz CT molecular complexity index is 563. The van der Waals surface area contributed by atoms with Crippen LogP contribution in [-0.4, -0.2) is 0 Å². The molecule has 3 heteroatoms. The lowest BCUT2D eigenvalue weighted by atomic mass is 9.94. The third-order valence-corrected chi connectivity index (χ3v) is 4.22. The Morgan fingerprint density at radius 3 is 2.28 bits per heavy atom. The Kier molecular flexibility index (Phi) is 4.10. The van der Waals surface area contributed by atoms with Crippen LogP contribution in [0.4, 0.5) is 0 Å². The number of halogens is 2. The highest BCUT2D eigenvalue weighted by Gasteiger charge is 2.12. The summed E-state index contributed by atoms with van der Waals surface area (Å²) < 4.78 is 1.12. The Labute approximate surface area is 121 Å². The minimum absolute atomic E-state index is 0.117. The van der Waals surface area contributed by atoms with Crippen molar-refractivity contribution in [1.82, 2.24) is 0 Å². The molecule has 2 aromatic rings. The summed E-state index contributed by atoms with van der Waals surface area (Å²) in [5.41, 5.74) is 10.9. The molecule has 18 heavy (non-hydrogen) atoms. The Morgan fingerprint density at radius 2 is 1.67 bits per heavy atom. The lowest BCUT2D eigenvalue weighted by molar-refractivity contribution is 0.859. The first-order valence-corrected chi connectivity index (χ1v) is 6.94. The lowest BCUT2D eigenvalue weighted by Crippen LogP contribution is -2.13. The van der Waals surface area contributed by atoms with Crippen molar-refractivity contribution in [2.75, 3.05) is 0 Å². The molecule has 0 aromatic heterocycles. The maximum absolute atomic E-state index is 6.33. The van der Waals surface area contributed by atoms with Crippen molar-refractivity contribution < 1.29 is 0 Å². The average molecular weight is 325 g/mol. The summed E-state index contributed by atoms with van der Waals surface area (Å²) in [7, 11) is 0. The van der Waals surface area contributed by atoms with Crippen LogP contribution in [0, 0.1) is 13.8 Å². The van der Waals surface area contributed by atoms with E-state index < -0.39 is 0 Å². The Balaban J connectivity index is 2.42. The van der Waals surface area contributed by atoms with Crippen molar-refractivity contribution >= 4 is 27.5 Å². The number of aryl methyl sites for hydroxylation is 2. The molecule has 0 heterocycles. The van der Waals surface area contributed by atoms with Gasteiger partial charge in [-0.25, -0.2) is 0 Å². The second-order valence-corrected chi connectivity index (χ2v) is 5.78. The normalized spacial score (nSPS) is 12.5. The van der Waals surface area contributed by atoms with Crippen LogP contribution in [0.5, 0.6) is 0 Å². The summed E-state index contributed by atoms with van der Waals surface area (Å²) in [6, 6.07) is 11.8. The highest BCUT2D eigenvalue weighted by molar-refractivity contribution is 9.10. The van der Waals surface area contributed by atoms with E-state index in [0.29, 0.717) is 0 Å². The second kappa shape index (κ2) is 5.43. The van der Waals surface area contributed by atoms with Crippen LogP contribution in [0.1, 0.15) is 28.3 Å². The first-order valence-electron chi connectivity index (χ1n) is 5.76. The maximum Gasteiger partial charge on any atom is 0.0554 e. The molecular weight excluding hydrogens is 310 g/mol. The molecule has 0 aliphatic rings. The van der Waals surface area contributed by atoms with E-state index in [-0.39, 0.29) is 6.04 Å². The SMILES string of the molecule is Cc1cc(C(N)c2ccc(Cl)cc2)c(C)cc1Br. The molecule has 0 spiro atoms. The predicted octanol–water partition coefficient (Wildman–Crippen LogP) is 4.77. The molecule has 0 radical (unpaired) electrons. The number of hydrogen-bond donors (Lipinski definition) is 1. The van der Waals surface area contributed by atoms with E-state index >= 15 is 0 Å². The van der Waals surface area contributed by atoms with Gasteiger partial charge in [0.2, 0.25) is 0 Å². The van der Waals surface area contributed by atoms with Gasteiger partial charge in [-0.2, -0.15) is 0 Å². The molecule has 1 unspecified atom stereocenters. The van der Waals surface area contributed by atoms with Crippen LogP contribution in [0.2, 0.25) is 5.02 Å². The number of rotatable bonds is 2. The molecular formula is C15H15BrClN. The van der Waals surface area contributed by atoms with Gasteiger partial charge >= 0.3 is 0 Å². The standard InChI is InChI=1S/C15H15BrClN/c1-9-8-14(16)10(2)7-13(9)15(18)11-3-5-12(17)6-4-11/h3-8,15H,18H2,1-2H3. The van der Waals surface area contributed by atoms with E-state index in [9.17, 15) is 0 Å². The summed E-state index contributed by atoms with van der Waals surface area (Å²) in [5, 5.41) is 0.731. The van der Waals surface area contributed by atoms with Crippen LogP contribution >= 0.6 is 27.5 Å². The minimum atomic E-state index is -0.117. The molecule has 2 aromatic carbocycles. The summed E-state index contributed by atoms with van der Waals surface area (Å²) >= 11 is 9.43. The zero-order valence-corrected chi connectivity index (χ0v) is 12.7. The molecule has 0 aliphatic heterocycles. The fourth-order valence-electron chi connectivity index (χ4n) is 1.99. The summed E-state index contributed by atoms with van der Waals surface area (Å²) in [4.78, 5) is 0. The second-order valence-electron chi connectivity index (χ2n) is 4.49. The van der Waals surface area contributed by atoms with Gasteiger partial charge in [0.25, 0.3) is 0 Å². The quantitative estimate of drug-likeness (QED) is 0.846. The molecule has 0 saturated heterocycles. The molecule has 0 aliphatic carbocycles. The van der Waals surface area contributed by atoms with Crippen molar-refractivity contribution in [3.63, 3.8) is 0 Å². The molecule has 1 nitrogen and oxygen atoms in total. The van der Waals surface area contributed by atoms with Gasteiger partial charge in [0, 0.05) is 9.50 Å². The third-order valence-electron chi connectivity index (χ3n) is 3.11. The van der Waals surface area contributed by atoms with Crippen molar-refractivity contribution in [3.8, 4) is 0 Å². The molecule has 1 atom stereocenters. The zero-order valence-electron chi connectivity index (χ0n) is 10.4. The first kappa shape index (κ1) is 13.6. The van der Waals surface area contributed by atoms with Gasteiger partial charge in [0.05, 0.1) is 6.04 Å². The minimum Gasteiger partial charge on any atom is -0.320 e. The third kappa shape index (κ3) is 2.77.